The van der Waals surface area contributed by atoms with Crippen molar-refractivity contribution < 1.29 is 51.0 Å². The molecule has 0 saturated heterocycles. The van der Waals surface area contributed by atoms with Gasteiger partial charge in [-0.3, -0.25) is 6.08 Å². The molecular weight excluding hydrogens is 342 g/mol. The van der Waals surface area contributed by atoms with Gasteiger partial charge in [0, 0.05) is 0 Å². The fourth-order valence-corrected chi connectivity index (χ4v) is 1.40. The standard InChI is InChI=1S/C10H7.C5H5.2ClH.Zr/c1-2-5-9-7-4-8-10(9)6-3-1;1-2-4-5-3-1;;;/h1-7H;1-3H,4H2;2*1H;/q2*-1;;;+4/p-2. The maximum absolute atomic E-state index is 3.14. The first kappa shape index (κ1) is 20.0. The van der Waals surface area contributed by atoms with E-state index in [2.05, 4.69) is 36.4 Å². The molecule has 3 heteroatoms. The number of halogens is 2. The van der Waals surface area contributed by atoms with E-state index in [-0.39, 0.29) is 51.0 Å². The summed E-state index contributed by atoms with van der Waals surface area (Å²) in [4.78, 5) is 0. The van der Waals surface area contributed by atoms with Gasteiger partial charge in [-0.15, -0.1) is 36.2 Å². The molecule has 0 aliphatic heterocycles. The number of fused-ring (bicyclic) bond motifs is 1. The van der Waals surface area contributed by atoms with E-state index in [1.807, 2.05) is 36.4 Å². The van der Waals surface area contributed by atoms with Crippen LogP contribution < -0.4 is 24.8 Å². The largest absolute Gasteiger partial charge is 4.00 e. The molecule has 0 aromatic heterocycles. The molecule has 0 atom stereocenters. The molecule has 0 fully saturated rings. The van der Waals surface area contributed by atoms with Gasteiger partial charge in [-0.2, -0.15) is 23.8 Å². The third-order valence-electron chi connectivity index (χ3n) is 2.16. The molecule has 3 aliphatic carbocycles. The normalized spacial score (nSPS) is 10.4. The zero-order valence-electron chi connectivity index (χ0n) is 9.74. The average molecular weight is 354 g/mol. The Morgan fingerprint density at radius 3 is 2.33 bits per heavy atom. The van der Waals surface area contributed by atoms with Crippen molar-refractivity contribution in [3.63, 3.8) is 0 Å². The van der Waals surface area contributed by atoms with Gasteiger partial charge in [0.05, 0.1) is 0 Å². The number of rotatable bonds is 0. The molecule has 0 radical (unpaired) electrons. The van der Waals surface area contributed by atoms with Crippen LogP contribution in [0.5, 0.6) is 0 Å². The minimum atomic E-state index is 0. The first-order valence-corrected chi connectivity index (χ1v) is 5.04. The number of hydrogen-bond acceptors (Lipinski definition) is 0. The first-order chi connectivity index (χ1) is 7.47. The summed E-state index contributed by atoms with van der Waals surface area (Å²) < 4.78 is 0. The molecule has 0 N–H and O–H groups in total. The first-order valence-electron chi connectivity index (χ1n) is 5.04. The van der Waals surface area contributed by atoms with Gasteiger partial charge in [0.15, 0.2) is 0 Å². The summed E-state index contributed by atoms with van der Waals surface area (Å²) in [6, 6.07) is 17.4. The minimum absolute atomic E-state index is 0. The van der Waals surface area contributed by atoms with Crippen molar-refractivity contribution >= 4 is 0 Å². The van der Waals surface area contributed by atoms with Gasteiger partial charge in [0.1, 0.15) is 0 Å². The molecule has 0 unspecified atom stereocenters. The Bertz CT molecular complexity index is 414. The summed E-state index contributed by atoms with van der Waals surface area (Å²) >= 11 is 0. The SMILES string of the molecule is [C-]1=CC=CC1.[Cl-].[Cl-].[Zr+4].[c-]1ccc2cccccc1-2. The molecule has 0 aromatic rings. The van der Waals surface area contributed by atoms with Gasteiger partial charge in [0.25, 0.3) is 0 Å². The van der Waals surface area contributed by atoms with Crippen LogP contribution in [0.25, 0.3) is 11.1 Å². The Morgan fingerprint density at radius 2 is 1.72 bits per heavy atom. The predicted octanol–water partition coefficient (Wildman–Crippen LogP) is -2.10. The third kappa shape index (κ3) is 6.54. The average Bonchev–Trinajstić information content (AvgIpc) is 2.90. The Hall–Kier alpha value is -0.357. The zero-order chi connectivity index (χ0) is 10.3. The van der Waals surface area contributed by atoms with Crippen molar-refractivity contribution in [3.8, 4) is 11.1 Å². The van der Waals surface area contributed by atoms with Gasteiger partial charge in [-0.25, -0.2) is 12.2 Å². The van der Waals surface area contributed by atoms with E-state index in [0.717, 1.165) is 6.42 Å². The van der Waals surface area contributed by atoms with Crippen LogP contribution in [0.15, 0.2) is 60.7 Å². The fourth-order valence-electron chi connectivity index (χ4n) is 1.40. The molecule has 0 amide bonds. The van der Waals surface area contributed by atoms with Gasteiger partial charge in [-0.1, -0.05) is 12.1 Å². The Kier molecular flexibility index (Phi) is 13.0. The van der Waals surface area contributed by atoms with Crippen molar-refractivity contribution in [1.29, 1.82) is 0 Å². The quantitative estimate of drug-likeness (QED) is 0.476. The van der Waals surface area contributed by atoms with E-state index in [0.29, 0.717) is 0 Å². The molecular formula is C15H12Cl2Zr. The van der Waals surface area contributed by atoms with Crippen molar-refractivity contribution in [2.75, 3.05) is 0 Å². The van der Waals surface area contributed by atoms with Gasteiger partial charge in [-0.05, 0) is 0 Å². The molecule has 3 rings (SSSR count). The van der Waals surface area contributed by atoms with Gasteiger partial charge in [0.2, 0.25) is 0 Å². The maximum atomic E-state index is 3.14. The van der Waals surface area contributed by atoms with E-state index in [9.17, 15) is 0 Å². The van der Waals surface area contributed by atoms with Crippen LogP contribution in [0.1, 0.15) is 6.42 Å². The summed E-state index contributed by atoms with van der Waals surface area (Å²) in [5.74, 6) is 0. The van der Waals surface area contributed by atoms with E-state index >= 15 is 0 Å². The monoisotopic (exact) mass is 352 g/mol. The maximum Gasteiger partial charge on any atom is 4.00 e. The van der Waals surface area contributed by atoms with Gasteiger partial charge >= 0.3 is 26.2 Å². The summed E-state index contributed by atoms with van der Waals surface area (Å²) in [6.07, 6.45) is 10.0. The number of allylic oxidation sites excluding steroid dienone is 4. The number of hydrogen-bond donors (Lipinski definition) is 0. The van der Waals surface area contributed by atoms with Crippen LogP contribution in [0.4, 0.5) is 0 Å². The van der Waals surface area contributed by atoms with Crippen LogP contribution in [0.2, 0.25) is 0 Å². The second-order valence-electron chi connectivity index (χ2n) is 3.26. The Labute approximate surface area is 140 Å². The summed E-state index contributed by atoms with van der Waals surface area (Å²) in [5, 5.41) is 0. The van der Waals surface area contributed by atoms with Crippen LogP contribution in [-0.2, 0) is 26.2 Å². The molecule has 0 aromatic carbocycles. The van der Waals surface area contributed by atoms with Crippen molar-refractivity contribution in [2.24, 2.45) is 0 Å². The van der Waals surface area contributed by atoms with E-state index in [1.165, 1.54) is 11.1 Å². The second-order valence-corrected chi connectivity index (χ2v) is 3.26. The molecule has 0 spiro atoms. The van der Waals surface area contributed by atoms with Crippen LogP contribution >= 0.6 is 0 Å². The van der Waals surface area contributed by atoms with E-state index in [4.69, 9.17) is 0 Å². The molecule has 0 bridgehead atoms. The van der Waals surface area contributed by atoms with Crippen molar-refractivity contribution in [2.45, 2.75) is 6.42 Å². The topological polar surface area (TPSA) is 0 Å². The van der Waals surface area contributed by atoms with E-state index < -0.39 is 0 Å². The van der Waals surface area contributed by atoms with E-state index in [1.54, 1.807) is 0 Å². The minimum Gasteiger partial charge on any atom is -1.00 e. The molecule has 0 saturated carbocycles. The smallest absolute Gasteiger partial charge is 1.00 e. The fraction of sp³-hybridized carbons (Fsp3) is 0.0667. The molecule has 0 nitrogen and oxygen atoms in total. The van der Waals surface area contributed by atoms with Crippen molar-refractivity contribution in [1.82, 2.24) is 0 Å². The third-order valence-corrected chi connectivity index (χ3v) is 2.16. The Balaban J connectivity index is 0. The van der Waals surface area contributed by atoms with Gasteiger partial charge < -0.3 is 24.8 Å². The van der Waals surface area contributed by atoms with Crippen LogP contribution in [0.3, 0.4) is 0 Å². The molecule has 0 heterocycles. The summed E-state index contributed by atoms with van der Waals surface area (Å²) in [7, 11) is 0. The molecule has 18 heavy (non-hydrogen) atoms. The Morgan fingerprint density at radius 1 is 0.944 bits per heavy atom. The molecule has 3 aliphatic rings. The van der Waals surface area contributed by atoms with Crippen LogP contribution in [-0.4, -0.2) is 0 Å². The summed E-state index contributed by atoms with van der Waals surface area (Å²) in [6.45, 7) is 0. The van der Waals surface area contributed by atoms with Crippen LogP contribution in [0, 0.1) is 12.1 Å². The van der Waals surface area contributed by atoms with Crippen molar-refractivity contribution in [3.05, 3.63) is 72.8 Å². The summed E-state index contributed by atoms with van der Waals surface area (Å²) in [5.41, 5.74) is 2.44. The molecule has 90 valence electrons. The predicted molar refractivity (Wildman–Crippen MR) is 63.5 cm³/mol. The zero-order valence-corrected chi connectivity index (χ0v) is 13.7. The second kappa shape index (κ2) is 11.7.